The van der Waals surface area contributed by atoms with Crippen LogP contribution in [0.5, 0.6) is 0 Å². The fourth-order valence-electron chi connectivity index (χ4n) is 13.5. The summed E-state index contributed by atoms with van der Waals surface area (Å²) in [5.74, 6) is -0.490. The molecule has 5 radical (unpaired) electrons. The zero-order valence-electron chi connectivity index (χ0n) is 76.0. The van der Waals surface area contributed by atoms with E-state index in [4.69, 9.17) is 35.7 Å². The van der Waals surface area contributed by atoms with Crippen LogP contribution in [-0.4, -0.2) is 68.5 Å². The molecule has 4 N–H and O–H groups in total. The number of halogens is 5. The van der Waals surface area contributed by atoms with E-state index in [0.29, 0.717) is 39.5 Å². The van der Waals surface area contributed by atoms with Gasteiger partial charge in [-0.3, -0.25) is 44.1 Å². The number of benzene rings is 10. The number of nitriles is 1. The Morgan fingerprint density at radius 1 is 0.433 bits per heavy atom. The molecule has 134 heavy (non-hydrogen) atoms. The van der Waals surface area contributed by atoms with Gasteiger partial charge in [0.1, 0.15) is 0 Å². The monoisotopic (exact) mass is 2690 g/mol. The van der Waals surface area contributed by atoms with E-state index in [1.807, 2.05) is 84.9 Å². The number of aryl methyl sites for hydroxylation is 3. The van der Waals surface area contributed by atoms with Gasteiger partial charge in [-0.05, 0) is 202 Å². The zero-order valence-corrected chi connectivity index (χ0v) is 88.0. The molecule has 0 spiro atoms. The molecule has 15 aromatic rings. The van der Waals surface area contributed by atoms with E-state index in [-0.39, 0.29) is 152 Å². The van der Waals surface area contributed by atoms with Crippen molar-refractivity contribution in [1.82, 2.24) is 24.9 Å². The first-order valence-corrected chi connectivity index (χ1v) is 41.8. The summed E-state index contributed by atoms with van der Waals surface area (Å²) in [7, 11) is 0. The van der Waals surface area contributed by atoms with E-state index >= 15 is 0 Å². The molecule has 0 bridgehead atoms. The van der Waals surface area contributed by atoms with Crippen LogP contribution in [0.1, 0.15) is 159 Å². The molecule has 5 aromatic heterocycles. The van der Waals surface area contributed by atoms with Crippen molar-refractivity contribution in [2.75, 3.05) is 0 Å². The third-order valence-electron chi connectivity index (χ3n) is 19.2. The maximum Gasteiger partial charge on any atom is 0.399 e. The van der Waals surface area contributed by atoms with Gasteiger partial charge in [0.15, 0.2) is 23.1 Å². The smallest absolute Gasteiger partial charge is 0.399 e. The van der Waals surface area contributed by atoms with Gasteiger partial charge in [-0.15, -0.1) is 154 Å². The molecular formula is C110H102F5Ir5N6O8-5. The number of aliphatic hydroxyl groups is 4. The Hall–Kier alpha value is -11.5. The number of carbonyl (C=O) groups is 4. The topological polar surface area (TPSA) is 237 Å². The number of nitrogens with zero attached hydrogens (tertiary/aromatic N) is 6. The summed E-state index contributed by atoms with van der Waals surface area (Å²) in [6.07, 6.45) is 8.15. The van der Waals surface area contributed by atoms with Crippen molar-refractivity contribution in [2.24, 2.45) is 0 Å². The van der Waals surface area contributed by atoms with Gasteiger partial charge in [0.05, 0.1) is 62.3 Å². The van der Waals surface area contributed by atoms with Crippen molar-refractivity contribution >= 4 is 77.6 Å². The first kappa shape index (κ1) is 117. The van der Waals surface area contributed by atoms with E-state index in [1.54, 1.807) is 49.4 Å². The molecule has 1 aliphatic carbocycles. The number of hydrogen-bond donors (Lipinski definition) is 4. The molecule has 24 heteroatoms. The molecule has 0 amide bonds. The number of carbonyl (C=O) groups excluding carboxylic acids is 4. The van der Waals surface area contributed by atoms with Crippen LogP contribution in [0.4, 0.5) is 22.0 Å². The Balaban J connectivity index is 0.000000399. The minimum absolute atomic E-state index is 0. The average molecular weight is 2690 g/mol. The first-order chi connectivity index (χ1) is 61.5. The molecule has 1 aliphatic rings. The summed E-state index contributed by atoms with van der Waals surface area (Å²) in [5, 5.41) is 47.7. The summed E-state index contributed by atoms with van der Waals surface area (Å²) in [5.41, 5.74) is 17.9. The number of aromatic nitrogens is 5. The number of hydrogen-bond acceptors (Lipinski definition) is 14. The molecular weight excluding hydrogens is 2590 g/mol. The van der Waals surface area contributed by atoms with Crippen LogP contribution in [0.3, 0.4) is 0 Å². The van der Waals surface area contributed by atoms with Gasteiger partial charge in [-0.1, -0.05) is 181 Å². The average Bonchev–Trinajstić information content (AvgIpc) is 0.784. The van der Waals surface area contributed by atoms with Crippen molar-refractivity contribution in [3.63, 3.8) is 0 Å². The molecule has 16 rings (SSSR count). The quantitative estimate of drug-likeness (QED) is 0.0385. The van der Waals surface area contributed by atoms with Crippen LogP contribution in [0.2, 0.25) is 0 Å². The SMILES string of the molecule is CC(=O)C=C(C)O.CC(=O)C=C(C)O.CC(=O)C=C(C)O.CC(=O)C=C(C)O.CCc1cc[c-]c(-c2ccc3ccccc3n2)c1.Cc1[c-]c(-c2nc3ccccc3cc2C(C)C)ccc1.Cc1cc(-c2ccc3ccccc3n2)[c-]c(C(F)(F)F)c1.N#Cc1ccc2nc(-c3[c-]c(F)cc(F)c3)ccc2c1.[Ir].[Ir].[Ir].[Ir].[Ir].[c-]1ccccc1-c1ccc2cc(C3CCCCC3)ccc2n1. The van der Waals surface area contributed by atoms with Crippen LogP contribution in [0, 0.1) is 67.1 Å². The molecule has 0 unspecified atom stereocenters. The Labute approximate surface area is 848 Å². The fourth-order valence-corrected chi connectivity index (χ4v) is 13.5. The zero-order chi connectivity index (χ0) is 93.9. The van der Waals surface area contributed by atoms with E-state index in [2.05, 4.69) is 182 Å². The number of para-hydroxylation sites is 3. The van der Waals surface area contributed by atoms with Gasteiger partial charge >= 0.3 is 6.18 Å². The minimum atomic E-state index is -4.41. The van der Waals surface area contributed by atoms with Crippen molar-refractivity contribution in [1.29, 1.82) is 5.26 Å². The second-order valence-electron chi connectivity index (χ2n) is 30.9. The normalized spacial score (nSPS) is 11.5. The second-order valence-corrected chi connectivity index (χ2v) is 30.9. The molecule has 5 heterocycles. The molecule has 1 fully saturated rings. The molecule has 0 atom stereocenters. The maximum atomic E-state index is 13.2. The Kier molecular flexibility index (Phi) is 51.0. The maximum absolute atomic E-state index is 13.2. The predicted molar refractivity (Wildman–Crippen MR) is 507 cm³/mol. The molecule has 10 aromatic carbocycles. The summed E-state index contributed by atoms with van der Waals surface area (Å²) >= 11 is 0. The summed E-state index contributed by atoms with van der Waals surface area (Å²) in [4.78, 5) is 63.2. The number of allylic oxidation sites excluding steroid dienone is 8. The molecule has 14 nitrogen and oxygen atoms in total. The van der Waals surface area contributed by atoms with Crippen molar-refractivity contribution in [3.8, 4) is 62.4 Å². The van der Waals surface area contributed by atoms with E-state index in [9.17, 15) is 41.1 Å². The van der Waals surface area contributed by atoms with Crippen LogP contribution in [0.15, 0.2) is 296 Å². The third-order valence-corrected chi connectivity index (χ3v) is 19.2. The minimum Gasteiger partial charge on any atom is -0.512 e. The Bertz CT molecular complexity index is 6450. The van der Waals surface area contributed by atoms with Crippen LogP contribution >= 0.6 is 0 Å². The Morgan fingerprint density at radius 2 is 0.866 bits per heavy atom. The molecule has 705 valence electrons. The van der Waals surface area contributed by atoms with Gasteiger partial charge < -0.3 is 20.4 Å². The fraction of sp³-hybridized carbons (Fsp3) is 0.200. The number of ketones is 4. The largest absolute Gasteiger partial charge is 0.512 e. The van der Waals surface area contributed by atoms with Gasteiger partial charge in [-0.2, -0.15) is 18.4 Å². The number of fused-ring (bicyclic) bond motifs is 5. The van der Waals surface area contributed by atoms with Crippen molar-refractivity contribution in [3.05, 3.63) is 377 Å². The number of alkyl halides is 3. The van der Waals surface area contributed by atoms with Crippen LogP contribution in [-0.2, 0) is 132 Å². The van der Waals surface area contributed by atoms with E-state index < -0.39 is 23.4 Å². The van der Waals surface area contributed by atoms with E-state index in [0.717, 1.165) is 96.6 Å². The summed E-state index contributed by atoms with van der Waals surface area (Å²) in [6, 6.07) is 95.6. The van der Waals surface area contributed by atoms with Crippen molar-refractivity contribution in [2.45, 2.75) is 147 Å². The number of aliphatic hydroxyl groups excluding tert-OH is 4. The number of pyridine rings is 5. The van der Waals surface area contributed by atoms with Crippen LogP contribution in [0.25, 0.3) is 111 Å². The van der Waals surface area contributed by atoms with Gasteiger partial charge in [0.25, 0.3) is 0 Å². The second kappa shape index (κ2) is 58.6. The van der Waals surface area contributed by atoms with Gasteiger partial charge in [0.2, 0.25) is 0 Å². The van der Waals surface area contributed by atoms with Crippen molar-refractivity contribution < 1.29 is 162 Å². The standard InChI is InChI=1S/C21H20N.C19H18N.C17H11F3N.C17H14N.C16H7F2N2.4C5H8O2.5Ir/c1-3-7-16(8-4-1)18-11-13-21-19(15-18)12-14-20(22-21)17-9-5-2-6-10-17;1-13(2)17-12-15-8-4-5-10-18(15)20-19(17)16-9-6-7-14(3)11-16;1-11-8-13(10-14(9-11)17(18,19)20)16-7-6-12-4-2-3-5-15(12)21-16;1-2-13-6-5-8-15(12-13)17-11-10-14-7-3-4-9-16(14)18-17;17-13-6-12(7-14(18)8-13)16-4-2-11-5-10(9-19)1-3-15(11)20-16;4*1-4(6)3-5(2)7;;;;;/h2,5-6,9,11-16H,1,3-4,7-8H2;4-10,12-13H,1-3H3;2-9H,1H3;3-7,9-12H,2H2,1H3;1-6,8H;4*3,6H,1-2H3;;;;;/q5*-1;;;;;;;;;. The molecule has 1 saturated carbocycles. The van der Waals surface area contributed by atoms with Gasteiger partial charge in [-0.25, -0.2) is 8.78 Å². The predicted octanol–water partition coefficient (Wildman–Crippen LogP) is 28.2. The van der Waals surface area contributed by atoms with E-state index in [1.165, 1.54) is 151 Å². The van der Waals surface area contributed by atoms with Crippen LogP contribution < -0.4 is 0 Å². The first-order valence-electron chi connectivity index (χ1n) is 41.8. The third kappa shape index (κ3) is 39.2. The Morgan fingerprint density at radius 3 is 1.32 bits per heavy atom. The van der Waals surface area contributed by atoms with Gasteiger partial charge in [0, 0.05) is 136 Å². The summed E-state index contributed by atoms with van der Waals surface area (Å²) in [6.45, 7) is 21.7. The summed E-state index contributed by atoms with van der Waals surface area (Å²) < 4.78 is 65.0. The molecule has 0 aliphatic heterocycles. The number of rotatable bonds is 12. The molecule has 0 saturated heterocycles.